The minimum absolute atomic E-state index is 0.0338. The van der Waals surface area contributed by atoms with Crippen molar-refractivity contribution in [2.45, 2.75) is 279 Å². The number of ketones is 4. The Bertz CT molecular complexity index is 5550. The Kier molecular flexibility index (Phi) is 45.6. The lowest BCUT2D eigenvalue weighted by atomic mass is 9.85. The second kappa shape index (κ2) is 56.5. The van der Waals surface area contributed by atoms with E-state index in [0.717, 1.165) is 48.3 Å². The number of nitrogens with two attached hydrogens (primary N) is 3. The number of nitrogens with zero attached hydrogens (tertiary/aromatic N) is 2. The highest BCUT2D eigenvalue weighted by molar-refractivity contribution is 7.85. The molecule has 149 heavy (non-hydrogen) atoms. The fourth-order valence-electron chi connectivity index (χ4n) is 18.7. The largest absolute Gasteiger partial charge is 0.494 e. The van der Waals surface area contributed by atoms with Gasteiger partial charge in [0.05, 0.1) is 157 Å². The van der Waals surface area contributed by atoms with Crippen LogP contribution in [0.15, 0.2) is 46.5 Å². The zero-order valence-electron chi connectivity index (χ0n) is 85.5. The van der Waals surface area contributed by atoms with E-state index in [2.05, 4.69) is 68.5 Å². The van der Waals surface area contributed by atoms with Crippen LogP contribution in [0.3, 0.4) is 0 Å². The first-order valence-corrected chi connectivity index (χ1v) is 53.3. The molecule has 8 unspecified atom stereocenters. The van der Waals surface area contributed by atoms with E-state index in [4.69, 9.17) is 31.4 Å². The predicted octanol–water partition coefficient (Wildman–Crippen LogP) is -3.53. The van der Waals surface area contributed by atoms with Crippen LogP contribution in [0, 0.1) is 47.3 Å². The summed E-state index contributed by atoms with van der Waals surface area (Å²) in [5.74, 6) is -26.2. The Morgan fingerprint density at radius 3 is 1.21 bits per heavy atom. The summed E-state index contributed by atoms with van der Waals surface area (Å²) in [6.45, 7) is 11.1. The molecule has 22 atom stereocenters. The normalized spacial score (nSPS) is 26.4. The van der Waals surface area contributed by atoms with E-state index < -0.39 is 362 Å². The molecule has 4 bridgehead atoms. The van der Waals surface area contributed by atoms with E-state index in [1.165, 1.54) is 13.8 Å². The number of amides is 15. The van der Waals surface area contributed by atoms with Gasteiger partial charge in [-0.1, -0.05) is 80.1 Å². The summed E-state index contributed by atoms with van der Waals surface area (Å²) in [5, 5.41) is 92.2. The zero-order chi connectivity index (χ0) is 110. The number of fused-ring (bicyclic) bond motifs is 10. The number of carbonyl (C=O) groups is 19. The van der Waals surface area contributed by atoms with Crippen LogP contribution in [0.2, 0.25) is 0 Å². The first kappa shape index (κ1) is 120. The van der Waals surface area contributed by atoms with Gasteiger partial charge in [0.25, 0.3) is 0 Å². The number of aliphatic hydroxyl groups excluding tert-OH is 6. The van der Waals surface area contributed by atoms with Gasteiger partial charge < -0.3 is 140 Å². The minimum Gasteiger partial charge on any atom is -0.494 e. The van der Waals surface area contributed by atoms with Crippen molar-refractivity contribution in [2.24, 2.45) is 64.5 Å². The maximum atomic E-state index is 15.0. The lowest BCUT2D eigenvalue weighted by Crippen LogP contribution is -2.56. The summed E-state index contributed by atoms with van der Waals surface area (Å²) in [6.07, 6.45) is -5.23. The van der Waals surface area contributed by atoms with Gasteiger partial charge in [-0.15, -0.1) is 0 Å². The van der Waals surface area contributed by atoms with Crippen LogP contribution in [0.5, 0.6) is 11.5 Å². The number of aliphatic hydroxyl groups is 6. The minimum atomic E-state index is -2.33. The van der Waals surface area contributed by atoms with E-state index in [0.29, 0.717) is 78.7 Å². The quantitative estimate of drug-likeness (QED) is 0.0234. The van der Waals surface area contributed by atoms with Crippen molar-refractivity contribution in [2.75, 3.05) is 90.3 Å². The molecule has 4 aromatic rings. The van der Waals surface area contributed by atoms with Crippen molar-refractivity contribution in [3.8, 4) is 11.5 Å². The molecule has 2 aromatic heterocycles. The van der Waals surface area contributed by atoms with Gasteiger partial charge in [0.1, 0.15) is 51.3 Å². The third-order valence-corrected chi connectivity index (χ3v) is 30.5. The van der Waals surface area contributed by atoms with Crippen LogP contribution < -0.4 is 85.2 Å². The van der Waals surface area contributed by atoms with E-state index in [9.17, 15) is 126 Å². The summed E-state index contributed by atoms with van der Waals surface area (Å²) in [6, 6.07) is -2.28. The number of rotatable bonds is 29. The molecule has 0 saturated carbocycles. The number of unbranched alkanes of at least 4 members (excludes halogenated alkanes) is 6. The average molecular weight is 2130 g/mol. The monoisotopic (exact) mass is 2130 g/mol. The maximum Gasteiger partial charge on any atom is 0.407 e. The molecule has 48 nitrogen and oxygen atoms in total. The van der Waals surface area contributed by atoms with Crippen LogP contribution in [-0.2, 0) is 125 Å². The highest BCUT2D eigenvalue weighted by atomic mass is 32.2. The van der Waals surface area contributed by atoms with E-state index in [1.807, 2.05) is 0 Å². The lowest BCUT2D eigenvalue weighted by molar-refractivity contribution is -0.145. The summed E-state index contributed by atoms with van der Waals surface area (Å²) in [7, 11) is -4.62. The molecule has 2 saturated heterocycles. The van der Waals surface area contributed by atoms with Crippen molar-refractivity contribution < 1.29 is 144 Å². The van der Waals surface area contributed by atoms with Crippen LogP contribution in [-0.4, -0.2) is 339 Å². The van der Waals surface area contributed by atoms with Crippen LogP contribution in [0.4, 0.5) is 4.79 Å². The van der Waals surface area contributed by atoms with Gasteiger partial charge >= 0.3 is 6.09 Å². The summed E-state index contributed by atoms with van der Waals surface area (Å²) in [4.78, 5) is 272. The van der Waals surface area contributed by atoms with Crippen molar-refractivity contribution >= 4 is 155 Å². The molecule has 0 radical (unpaired) electrons. The Morgan fingerprint density at radius 2 is 0.846 bits per heavy atom. The highest BCUT2D eigenvalue weighted by Crippen LogP contribution is 2.37. The number of primary amides is 2. The summed E-state index contributed by atoms with van der Waals surface area (Å²) in [5.41, 5.74) is 17.3. The van der Waals surface area contributed by atoms with E-state index in [-0.39, 0.29) is 53.5 Å². The first-order valence-electron chi connectivity index (χ1n) is 50.7. The molecule has 6 aliphatic rings. The zero-order valence-corrected chi connectivity index (χ0v) is 87.1. The number of hydrogen-bond donors (Lipinski definition) is 22. The second-order valence-electron chi connectivity index (χ2n) is 40.2. The lowest BCUT2D eigenvalue weighted by Gasteiger charge is -2.32. The molecule has 824 valence electrons. The van der Waals surface area contributed by atoms with E-state index >= 15 is 4.21 Å². The molecule has 0 spiro atoms. The van der Waals surface area contributed by atoms with E-state index in [1.54, 1.807) is 84.9 Å². The van der Waals surface area contributed by atoms with Gasteiger partial charge in [0.15, 0.2) is 23.1 Å². The second-order valence-corrected chi connectivity index (χ2v) is 43.1. The van der Waals surface area contributed by atoms with Gasteiger partial charge in [-0.2, -0.15) is 0 Å². The Hall–Kier alpha value is -12.3. The number of hydrogen-bond acceptors (Lipinski definition) is 31. The SMILES string of the molecule is CC[C@H](C)[C@@H]1NC(=O)CNC(=O)C2CC(=O)[C@H]([C@@H](C)[C@@H](O)CO)NC(=O)[C@@H]3CC(O)CN3C(=O)[C@H](CC(N)=O)CC(=O)C(CS(=O)c3[nH]c4cc(OCCCCCCN)ccc4c3C2)NC(=O)CNC1=O.CC[C@H](C)[C@@H]1NC(=O)CNC(=O)C2CC(=O)[C@H]([C@@H](C)[C@@H](O)CO)NC(=O)[C@@H]3CC(O)CN3C(=O)[C@H](CC(N)=O)CC(=O)C(CS(=O)c3[nH]c4cc(OCCCCCCNC(=O)OC(C)(C)C)ccc4c3C2)NC(=O)CNC1=O. The van der Waals surface area contributed by atoms with Crippen LogP contribution in [0.1, 0.15) is 189 Å². The summed E-state index contributed by atoms with van der Waals surface area (Å²) < 4.78 is 47.4. The van der Waals surface area contributed by atoms with Crippen LogP contribution >= 0.6 is 0 Å². The molecule has 25 N–H and O–H groups in total. The third kappa shape index (κ3) is 34.3. The molecule has 15 amide bonds. The molecular formula is C99H146N18O30S2. The number of nitrogens with one attached hydrogen (secondary N) is 13. The van der Waals surface area contributed by atoms with Gasteiger partial charge in [0.2, 0.25) is 82.7 Å². The number of aromatic amines is 2. The standard InChI is InChI=1S/C52H77N9O16S.C47H69N9O14S/c1-7-27(2)44-48(72)56-22-42(68)57-36-26-78(75)49-34(33-13-12-32(21-35(33)58-49)76-15-11-9-8-10-14-54-51(74)77-52(4,5)6)16-29(46(70)55-23-43(69)59-44)17-39(65)45(28(3)40(66)25-62)60-47(71)37-20-31(63)24-61(37)50(73)30(18-38(36)64)19-41(53)67;1-4-24(2)41-45(67)51-19-39(63)52-33-23-71(69)46-31(30-10-9-29(18-32(30)53-46)70-12-8-6-5-7-11-48)13-26(43(65)50-20-40(64)54-41)14-36(60)42(25(3)37(61)22-57)55-44(66)34-17-28(58)21-56(34)47(68)27(15-35(33)59)16-38(49)62/h12-13,21,27-31,36-37,40,44-45,58,62-63,66H,7-11,14-20,22-26H2,1-6H3,(H2,53,67)(H,54,74)(H,55,70)(H,56,72)(H,57,68)(H,59,69)(H,60,71);9-10,18,24-28,33-34,37,41-42,53,57-58,61H,4-8,11-17,19-23,48H2,1-3H3,(H2,49,62)(H,50,65)(H,51,67)(H,52,63)(H,54,64)(H,55,66)/t27-,28-,29?,30-,31?,36?,37-,40-,44-,45-,78?;24-,25-,26?,27-,28?,33?,34-,37-,41-,42-,71?/m00/s1. The number of benzene rings is 2. The topological polar surface area (TPSA) is 756 Å². The molecular weight excluding hydrogens is 1990 g/mol. The molecule has 2 aromatic carbocycles. The number of Topliss-reactive ketones (excluding diaryl/α,β-unsaturated/α-hetero) is 4. The first-order chi connectivity index (χ1) is 70.5. The Labute approximate surface area is 866 Å². The van der Waals surface area contributed by atoms with Crippen molar-refractivity contribution in [3.63, 3.8) is 0 Å². The predicted molar refractivity (Wildman–Crippen MR) is 537 cm³/mol. The number of aromatic nitrogens is 2. The number of carbonyl (C=O) groups excluding carboxylic acids is 19. The molecule has 50 heteroatoms. The molecule has 10 rings (SSSR count). The van der Waals surface area contributed by atoms with Gasteiger partial charge in [-0.25, -0.2) is 4.79 Å². The van der Waals surface area contributed by atoms with Crippen LogP contribution in [0.25, 0.3) is 21.8 Å². The third-order valence-electron chi connectivity index (χ3n) is 27.6. The van der Waals surface area contributed by atoms with Crippen molar-refractivity contribution in [1.82, 2.24) is 78.3 Å². The van der Waals surface area contributed by atoms with Crippen molar-refractivity contribution in [3.05, 3.63) is 47.5 Å². The average Bonchev–Trinajstić information content (AvgIpc) is 1.63. The maximum absolute atomic E-state index is 15.0. The molecule has 8 heterocycles. The van der Waals surface area contributed by atoms with Gasteiger partial charge in [0, 0.05) is 118 Å². The smallest absolute Gasteiger partial charge is 0.407 e. The molecule has 0 aliphatic carbocycles. The Balaban J connectivity index is 0.000000332. The van der Waals surface area contributed by atoms with Gasteiger partial charge in [-0.05, 0) is 113 Å². The van der Waals surface area contributed by atoms with Crippen molar-refractivity contribution in [1.29, 1.82) is 0 Å². The molecule has 6 aliphatic heterocycles. The highest BCUT2D eigenvalue weighted by Gasteiger charge is 2.49. The number of alkyl carbamates (subject to hydrolysis) is 1. The fraction of sp³-hybridized carbons (Fsp3) is 0.646. The van der Waals surface area contributed by atoms with Gasteiger partial charge in [-0.3, -0.25) is 94.7 Å². The molecule has 2 fully saturated rings. The fourth-order valence-corrected chi connectivity index (χ4v) is 21.6. The number of ether oxygens (including phenoxy) is 3. The summed E-state index contributed by atoms with van der Waals surface area (Å²) >= 11 is 0. The number of H-pyrrole nitrogens is 2. The Morgan fingerprint density at radius 1 is 0.477 bits per heavy atom.